The standard InChI is InChI=1S/C14H17F2NO3/c1-20-13(19)14(16)6-7-17(9-14)8-12(18)10-4-2-3-5-11(10)15/h2-5,12,18H,6-9H2,1H3. The van der Waals surface area contributed by atoms with Gasteiger partial charge in [0.15, 0.2) is 0 Å². The molecule has 2 atom stereocenters. The van der Waals surface area contributed by atoms with Gasteiger partial charge in [-0.2, -0.15) is 0 Å². The van der Waals surface area contributed by atoms with Crippen LogP contribution in [0.1, 0.15) is 18.1 Å². The zero-order chi connectivity index (χ0) is 14.8. The summed E-state index contributed by atoms with van der Waals surface area (Å²) in [5.41, 5.74) is -1.87. The number of nitrogens with zero attached hydrogens (tertiary/aromatic N) is 1. The number of rotatable bonds is 4. The summed E-state index contributed by atoms with van der Waals surface area (Å²) >= 11 is 0. The Hall–Kier alpha value is -1.53. The average Bonchev–Trinajstić information content (AvgIpc) is 2.81. The van der Waals surface area contributed by atoms with E-state index in [2.05, 4.69) is 4.74 Å². The lowest BCUT2D eigenvalue weighted by atomic mass is 10.1. The second-order valence-electron chi connectivity index (χ2n) is 4.98. The van der Waals surface area contributed by atoms with Crippen molar-refractivity contribution in [2.24, 2.45) is 0 Å². The van der Waals surface area contributed by atoms with Crippen molar-refractivity contribution >= 4 is 5.97 Å². The largest absolute Gasteiger partial charge is 0.467 e. The molecule has 0 amide bonds. The topological polar surface area (TPSA) is 49.8 Å². The van der Waals surface area contributed by atoms with Crippen LogP contribution in [-0.4, -0.2) is 48.4 Å². The van der Waals surface area contributed by atoms with Crippen LogP contribution in [-0.2, 0) is 9.53 Å². The van der Waals surface area contributed by atoms with E-state index in [1.54, 1.807) is 11.0 Å². The molecule has 110 valence electrons. The third kappa shape index (κ3) is 2.96. The van der Waals surface area contributed by atoms with Crippen molar-refractivity contribution in [2.45, 2.75) is 18.2 Å². The number of benzene rings is 1. The molecule has 1 aromatic rings. The fraction of sp³-hybridized carbons (Fsp3) is 0.500. The third-order valence-corrected chi connectivity index (χ3v) is 3.55. The molecule has 0 radical (unpaired) electrons. The smallest absolute Gasteiger partial charge is 0.345 e. The Kier molecular flexibility index (Phi) is 4.35. The van der Waals surface area contributed by atoms with Crippen molar-refractivity contribution < 1.29 is 23.4 Å². The number of aliphatic hydroxyl groups excluding tert-OH is 1. The molecule has 1 fully saturated rings. The zero-order valence-electron chi connectivity index (χ0n) is 11.2. The van der Waals surface area contributed by atoms with Crippen molar-refractivity contribution in [1.82, 2.24) is 4.90 Å². The molecule has 1 N–H and O–H groups in total. The highest BCUT2D eigenvalue weighted by molar-refractivity contribution is 5.80. The van der Waals surface area contributed by atoms with Crippen LogP contribution in [0.2, 0.25) is 0 Å². The molecule has 1 heterocycles. The van der Waals surface area contributed by atoms with E-state index in [1.165, 1.54) is 18.2 Å². The van der Waals surface area contributed by atoms with Crippen LogP contribution in [0.25, 0.3) is 0 Å². The van der Waals surface area contributed by atoms with Gasteiger partial charge in [0.25, 0.3) is 0 Å². The van der Waals surface area contributed by atoms with Gasteiger partial charge in [-0.25, -0.2) is 13.6 Å². The maximum atomic E-state index is 14.2. The average molecular weight is 285 g/mol. The zero-order valence-corrected chi connectivity index (χ0v) is 11.2. The minimum atomic E-state index is -2.04. The van der Waals surface area contributed by atoms with Gasteiger partial charge < -0.3 is 9.84 Å². The van der Waals surface area contributed by atoms with Crippen molar-refractivity contribution in [3.8, 4) is 0 Å². The number of hydrogen-bond acceptors (Lipinski definition) is 4. The number of hydrogen-bond donors (Lipinski definition) is 1. The van der Waals surface area contributed by atoms with E-state index in [1.807, 2.05) is 0 Å². The number of alkyl halides is 1. The van der Waals surface area contributed by atoms with Gasteiger partial charge in [-0.3, -0.25) is 4.90 Å². The van der Waals surface area contributed by atoms with Crippen LogP contribution in [0.15, 0.2) is 24.3 Å². The molecular formula is C14H17F2NO3. The summed E-state index contributed by atoms with van der Waals surface area (Å²) in [6.45, 7) is 0.242. The molecule has 1 aromatic carbocycles. The Morgan fingerprint density at radius 3 is 2.90 bits per heavy atom. The first-order chi connectivity index (χ1) is 9.46. The predicted octanol–water partition coefficient (Wildman–Crippen LogP) is 1.45. The summed E-state index contributed by atoms with van der Waals surface area (Å²) in [6, 6.07) is 5.90. The van der Waals surface area contributed by atoms with Gasteiger partial charge in [-0.1, -0.05) is 18.2 Å². The summed E-state index contributed by atoms with van der Waals surface area (Å²) in [7, 11) is 1.14. The van der Waals surface area contributed by atoms with Crippen molar-refractivity contribution in [1.29, 1.82) is 0 Å². The summed E-state index contributed by atoms with van der Waals surface area (Å²) < 4.78 is 32.2. The van der Waals surface area contributed by atoms with Crippen molar-refractivity contribution in [3.63, 3.8) is 0 Å². The van der Waals surface area contributed by atoms with Crippen molar-refractivity contribution in [3.05, 3.63) is 35.6 Å². The molecular weight excluding hydrogens is 268 g/mol. The van der Waals surface area contributed by atoms with E-state index < -0.39 is 23.6 Å². The van der Waals surface area contributed by atoms with Gasteiger partial charge in [0.05, 0.1) is 13.2 Å². The van der Waals surface area contributed by atoms with Gasteiger partial charge in [0.2, 0.25) is 5.67 Å². The quantitative estimate of drug-likeness (QED) is 0.851. The molecule has 20 heavy (non-hydrogen) atoms. The Morgan fingerprint density at radius 2 is 2.25 bits per heavy atom. The number of β-amino-alcohol motifs (C(OH)–C–C–N with tert-alkyl or cyclic N) is 1. The lowest BCUT2D eigenvalue weighted by Gasteiger charge is -2.21. The number of ether oxygens (including phenoxy) is 1. The number of methoxy groups -OCH3 is 1. The van der Waals surface area contributed by atoms with E-state index in [9.17, 15) is 18.7 Å². The van der Waals surface area contributed by atoms with Gasteiger partial charge >= 0.3 is 5.97 Å². The first-order valence-corrected chi connectivity index (χ1v) is 6.38. The summed E-state index contributed by atoms with van der Waals surface area (Å²) in [6.07, 6.45) is -1.04. The van der Waals surface area contributed by atoms with E-state index in [0.717, 1.165) is 7.11 Å². The molecule has 4 nitrogen and oxygen atoms in total. The van der Waals surface area contributed by atoms with Crippen LogP contribution in [0.3, 0.4) is 0 Å². The number of halogens is 2. The molecule has 1 saturated heterocycles. The second-order valence-corrected chi connectivity index (χ2v) is 4.98. The second kappa shape index (κ2) is 5.85. The molecule has 0 saturated carbocycles. The highest BCUT2D eigenvalue weighted by Crippen LogP contribution is 2.29. The molecule has 1 aliphatic heterocycles. The van der Waals surface area contributed by atoms with Crippen molar-refractivity contribution in [2.75, 3.05) is 26.7 Å². The van der Waals surface area contributed by atoms with E-state index in [-0.39, 0.29) is 25.1 Å². The first kappa shape index (κ1) is 14.9. The van der Waals surface area contributed by atoms with E-state index in [4.69, 9.17) is 0 Å². The number of carbonyl (C=O) groups is 1. The lowest BCUT2D eigenvalue weighted by molar-refractivity contribution is -0.153. The van der Waals surface area contributed by atoms with Gasteiger partial charge in [0, 0.05) is 31.6 Å². The van der Waals surface area contributed by atoms with Crippen LogP contribution in [0.5, 0.6) is 0 Å². The summed E-state index contributed by atoms with van der Waals surface area (Å²) in [5.74, 6) is -1.40. The monoisotopic (exact) mass is 285 g/mol. The molecule has 2 unspecified atom stereocenters. The molecule has 0 bridgehead atoms. The highest BCUT2D eigenvalue weighted by Gasteiger charge is 2.46. The van der Waals surface area contributed by atoms with Crippen LogP contribution in [0.4, 0.5) is 8.78 Å². The minimum absolute atomic E-state index is 0.0175. The van der Waals surface area contributed by atoms with Gasteiger partial charge in [-0.15, -0.1) is 0 Å². The minimum Gasteiger partial charge on any atom is -0.467 e. The number of esters is 1. The first-order valence-electron chi connectivity index (χ1n) is 6.38. The number of carbonyl (C=O) groups excluding carboxylic acids is 1. The Labute approximate surface area is 116 Å². The van der Waals surface area contributed by atoms with Crippen LogP contribution >= 0.6 is 0 Å². The maximum absolute atomic E-state index is 14.2. The molecule has 0 aliphatic carbocycles. The Morgan fingerprint density at radius 1 is 1.55 bits per heavy atom. The van der Waals surface area contributed by atoms with E-state index >= 15 is 0 Å². The lowest BCUT2D eigenvalue weighted by Crippen LogP contribution is -2.39. The molecule has 0 aromatic heterocycles. The SMILES string of the molecule is COC(=O)C1(F)CCN(CC(O)c2ccccc2F)C1. The van der Waals surface area contributed by atoms with Gasteiger partial charge in [0.1, 0.15) is 5.82 Å². The highest BCUT2D eigenvalue weighted by atomic mass is 19.1. The predicted molar refractivity (Wildman–Crippen MR) is 68.3 cm³/mol. The Bertz CT molecular complexity index is 497. The summed E-state index contributed by atoms with van der Waals surface area (Å²) in [4.78, 5) is 12.9. The maximum Gasteiger partial charge on any atom is 0.345 e. The van der Waals surface area contributed by atoms with Gasteiger partial charge in [-0.05, 0) is 6.07 Å². The number of aliphatic hydroxyl groups is 1. The fourth-order valence-electron chi connectivity index (χ4n) is 2.44. The Balaban J connectivity index is 1.99. The molecule has 1 aliphatic rings. The van der Waals surface area contributed by atoms with Crippen LogP contribution < -0.4 is 0 Å². The fourth-order valence-corrected chi connectivity index (χ4v) is 2.44. The van der Waals surface area contributed by atoms with E-state index in [0.29, 0.717) is 6.54 Å². The summed E-state index contributed by atoms with van der Waals surface area (Å²) in [5, 5.41) is 10.0. The normalized spacial score (nSPS) is 24.6. The molecule has 2 rings (SSSR count). The molecule has 0 spiro atoms. The number of likely N-dealkylation sites (tertiary alicyclic amines) is 1. The molecule has 6 heteroatoms. The van der Waals surface area contributed by atoms with Crippen LogP contribution in [0, 0.1) is 5.82 Å². The third-order valence-electron chi connectivity index (χ3n) is 3.55.